The second kappa shape index (κ2) is 13.5. The van der Waals surface area contributed by atoms with Crippen LogP contribution >= 0.6 is 15.8 Å². The third-order valence-electron chi connectivity index (χ3n) is 10.0. The Morgan fingerprint density at radius 2 is 0.957 bits per heavy atom. The number of hydrogen-bond donors (Lipinski definition) is 0. The van der Waals surface area contributed by atoms with Gasteiger partial charge in [-0.05, 0) is 114 Å². The summed E-state index contributed by atoms with van der Waals surface area (Å²) in [6.07, 6.45) is 7.31. The van der Waals surface area contributed by atoms with Crippen LogP contribution in [0.4, 0.5) is 0 Å². The molecule has 0 amide bonds. The first-order valence-corrected chi connectivity index (χ1v) is 19.6. The molecule has 6 aromatic rings. The van der Waals surface area contributed by atoms with Gasteiger partial charge in [0.2, 0.25) is 0 Å². The Morgan fingerprint density at radius 1 is 0.435 bits per heavy atom. The van der Waals surface area contributed by atoms with Crippen molar-refractivity contribution in [1.29, 1.82) is 0 Å². The van der Waals surface area contributed by atoms with E-state index in [0.29, 0.717) is 11.6 Å². The summed E-state index contributed by atoms with van der Waals surface area (Å²) in [6.45, 7) is 0. The molecule has 0 N–H and O–H groups in total. The third kappa shape index (κ3) is 5.68. The van der Waals surface area contributed by atoms with Gasteiger partial charge < -0.3 is 0 Å². The van der Waals surface area contributed by atoms with E-state index in [0.717, 1.165) is 6.42 Å². The molecule has 0 heterocycles. The Bertz CT molecular complexity index is 1820. The van der Waals surface area contributed by atoms with Gasteiger partial charge >= 0.3 is 0 Å². The van der Waals surface area contributed by atoms with Gasteiger partial charge in [-0.3, -0.25) is 0 Å². The molecule has 0 aromatic heterocycles. The Kier molecular flexibility index (Phi) is 8.68. The van der Waals surface area contributed by atoms with E-state index in [1.54, 1.807) is 33.1 Å². The number of rotatable bonds is 7. The first-order chi connectivity index (χ1) is 22.9. The average molecular weight is 631 g/mol. The van der Waals surface area contributed by atoms with Gasteiger partial charge in [0.1, 0.15) is 0 Å². The van der Waals surface area contributed by atoms with Crippen molar-refractivity contribution in [3.63, 3.8) is 0 Å². The van der Waals surface area contributed by atoms with Gasteiger partial charge in [-0.1, -0.05) is 158 Å². The summed E-state index contributed by atoms with van der Waals surface area (Å²) in [5, 5.41) is 7.44. The van der Waals surface area contributed by atoms with Gasteiger partial charge in [0, 0.05) is 5.92 Å². The number of aryl methyl sites for hydroxylation is 2. The highest BCUT2D eigenvalue weighted by molar-refractivity contribution is 7.80. The monoisotopic (exact) mass is 630 g/mol. The summed E-state index contributed by atoms with van der Waals surface area (Å²) in [7, 11) is -1.34. The van der Waals surface area contributed by atoms with Crippen molar-refractivity contribution < 1.29 is 0 Å². The van der Waals surface area contributed by atoms with Crippen molar-refractivity contribution >= 4 is 42.4 Å². The summed E-state index contributed by atoms with van der Waals surface area (Å²) < 4.78 is 0. The second-order valence-electron chi connectivity index (χ2n) is 12.7. The quantitative estimate of drug-likeness (QED) is 0.155. The molecule has 2 aliphatic rings. The Hall–Kier alpha value is -3.82. The topological polar surface area (TPSA) is 0 Å². The van der Waals surface area contributed by atoms with Gasteiger partial charge in [0.25, 0.3) is 0 Å². The van der Waals surface area contributed by atoms with E-state index in [-0.39, 0.29) is 0 Å². The third-order valence-corrected chi connectivity index (χ3v) is 15.4. The zero-order valence-electron chi connectivity index (χ0n) is 26.3. The molecule has 0 aliphatic heterocycles. The lowest BCUT2D eigenvalue weighted by Crippen LogP contribution is -2.36. The minimum atomic E-state index is -0.736. The number of benzene rings is 6. The molecule has 0 nitrogen and oxygen atoms in total. The molecule has 2 heteroatoms. The second-order valence-corrected chi connectivity index (χ2v) is 17.3. The van der Waals surface area contributed by atoms with Crippen molar-refractivity contribution in [2.24, 2.45) is 0 Å². The Morgan fingerprint density at radius 3 is 1.57 bits per heavy atom. The summed E-state index contributed by atoms with van der Waals surface area (Å²) in [5.74, 6) is 0.344. The first kappa shape index (κ1) is 29.6. The molecule has 0 saturated heterocycles. The van der Waals surface area contributed by atoms with E-state index < -0.39 is 15.8 Å². The van der Waals surface area contributed by atoms with Crippen molar-refractivity contribution in [3.8, 4) is 0 Å². The molecule has 6 aromatic carbocycles. The summed E-state index contributed by atoms with van der Waals surface area (Å²) >= 11 is 0. The summed E-state index contributed by atoms with van der Waals surface area (Å²) in [4.78, 5) is 0. The van der Waals surface area contributed by atoms with Crippen LogP contribution in [-0.4, -0.2) is 5.66 Å². The van der Waals surface area contributed by atoms with E-state index >= 15 is 0 Å². The first-order valence-electron chi connectivity index (χ1n) is 16.9. The van der Waals surface area contributed by atoms with Crippen LogP contribution in [0, 0.1) is 0 Å². The van der Waals surface area contributed by atoms with Gasteiger partial charge in [0.05, 0.1) is 0 Å². The maximum absolute atomic E-state index is 2.56. The van der Waals surface area contributed by atoms with Crippen LogP contribution in [0.1, 0.15) is 53.0 Å². The molecule has 2 atom stereocenters. The van der Waals surface area contributed by atoms with E-state index in [2.05, 4.69) is 158 Å². The Labute approximate surface area is 277 Å². The molecule has 0 bridgehead atoms. The van der Waals surface area contributed by atoms with Crippen LogP contribution in [-0.2, 0) is 19.3 Å². The number of fused-ring (bicyclic) bond motifs is 2. The molecule has 8 rings (SSSR count). The van der Waals surface area contributed by atoms with Crippen LogP contribution in [0.25, 0.3) is 0 Å². The molecular formula is C44H40P2. The SMILES string of the molecule is c1ccc(P(c2ccccc2)c2ccc3c(c2C2c4ccccc4CCC2P(c2ccccc2)c2ccccc2)CCCC3)cc1. The van der Waals surface area contributed by atoms with Crippen LogP contribution in [0.2, 0.25) is 0 Å². The highest BCUT2D eigenvalue weighted by atomic mass is 31.1. The summed E-state index contributed by atoms with van der Waals surface area (Å²) in [6, 6.07) is 60.2. The fourth-order valence-electron chi connectivity index (χ4n) is 8.05. The standard InChI is InChI=1S/C44H40P2/c1-5-19-35(20-6-1)45(36-21-7-2-8-22-36)41-31-29-33-17-13-15-27-39(33)43(41)44-40-28-16-14-18-34(40)30-32-42(44)46(37-23-9-3-10-24-37)38-25-11-4-12-26-38/h1-13,15,17,19-27,30,32,41,43H,14,16,18,28-29,31H2. The molecule has 0 saturated carbocycles. The van der Waals surface area contributed by atoms with E-state index in [1.807, 2.05) is 0 Å². The maximum Gasteiger partial charge on any atom is 0.0175 e. The molecule has 0 radical (unpaired) electrons. The van der Waals surface area contributed by atoms with Gasteiger partial charge in [0.15, 0.2) is 0 Å². The fraction of sp³-hybridized carbons (Fsp3) is 0.182. The molecule has 226 valence electrons. The van der Waals surface area contributed by atoms with Crippen LogP contribution < -0.4 is 26.5 Å². The van der Waals surface area contributed by atoms with E-state index in [9.17, 15) is 0 Å². The predicted octanol–water partition coefficient (Wildman–Crippen LogP) is 8.90. The average Bonchev–Trinajstić information content (AvgIpc) is 3.14. The van der Waals surface area contributed by atoms with Crippen molar-refractivity contribution in [2.75, 3.05) is 0 Å². The molecule has 0 spiro atoms. The molecule has 0 fully saturated rings. The highest BCUT2D eigenvalue weighted by Crippen LogP contribution is 2.55. The molecule has 2 unspecified atom stereocenters. The van der Waals surface area contributed by atoms with E-state index in [4.69, 9.17) is 0 Å². The minimum absolute atomic E-state index is 0.344. The zero-order chi connectivity index (χ0) is 30.7. The van der Waals surface area contributed by atoms with Crippen LogP contribution in [0.15, 0.2) is 158 Å². The van der Waals surface area contributed by atoms with Crippen LogP contribution in [0.5, 0.6) is 0 Å². The minimum Gasteiger partial charge on any atom is -0.0622 e. The van der Waals surface area contributed by atoms with Crippen molar-refractivity contribution in [3.05, 3.63) is 186 Å². The van der Waals surface area contributed by atoms with Gasteiger partial charge in [-0.25, -0.2) is 0 Å². The smallest absolute Gasteiger partial charge is 0.0175 e. The van der Waals surface area contributed by atoms with E-state index in [1.165, 1.54) is 53.3 Å². The molecule has 2 aliphatic carbocycles. The Balaban J connectivity index is 1.42. The summed E-state index contributed by atoms with van der Waals surface area (Å²) in [5.41, 5.74) is 8.52. The fourth-order valence-corrected chi connectivity index (χ4v) is 13.6. The largest absolute Gasteiger partial charge is 0.0622 e. The maximum atomic E-state index is 2.56. The lowest BCUT2D eigenvalue weighted by molar-refractivity contribution is 0.612. The molecular weight excluding hydrogens is 590 g/mol. The van der Waals surface area contributed by atoms with Crippen molar-refractivity contribution in [1.82, 2.24) is 0 Å². The highest BCUT2D eigenvalue weighted by Gasteiger charge is 2.41. The lowest BCUT2D eigenvalue weighted by Gasteiger charge is -2.42. The zero-order valence-corrected chi connectivity index (χ0v) is 28.1. The number of hydrogen-bond acceptors (Lipinski definition) is 0. The lowest BCUT2D eigenvalue weighted by atomic mass is 9.74. The van der Waals surface area contributed by atoms with Gasteiger partial charge in [-0.2, -0.15) is 0 Å². The van der Waals surface area contributed by atoms with Gasteiger partial charge in [-0.15, -0.1) is 0 Å². The molecule has 46 heavy (non-hydrogen) atoms. The predicted molar refractivity (Wildman–Crippen MR) is 201 cm³/mol. The van der Waals surface area contributed by atoms with Crippen molar-refractivity contribution in [2.45, 2.75) is 50.1 Å². The van der Waals surface area contributed by atoms with Crippen LogP contribution in [0.3, 0.4) is 0 Å². The normalized spacial score (nSPS) is 17.4.